The first-order valence-corrected chi connectivity index (χ1v) is 3.08. The van der Waals surface area contributed by atoms with Gasteiger partial charge in [0.15, 0.2) is 0 Å². The van der Waals surface area contributed by atoms with Gasteiger partial charge in [-0.25, -0.2) is 0 Å². The molecule has 4 heteroatoms. The molecular weight excluding hydrogens is 169 g/mol. The molecule has 0 aliphatic rings. The average Bonchev–Trinajstić information content (AvgIpc) is 2.03. The Morgan fingerprint density at radius 2 is 2.08 bits per heavy atom. The molecule has 1 nitrogen and oxygen atoms in total. The minimum atomic E-state index is -4.43. The van der Waals surface area contributed by atoms with Crippen molar-refractivity contribution in [3.63, 3.8) is 0 Å². The smallest absolute Gasteiger partial charge is 0.298 e. The first-order chi connectivity index (χ1) is 5.54. The van der Waals surface area contributed by atoms with E-state index in [1.165, 1.54) is 6.07 Å². The van der Waals surface area contributed by atoms with E-state index in [1.54, 1.807) is 0 Å². The number of carbonyl (C=O) groups excluding carboxylic acids is 1. The van der Waals surface area contributed by atoms with Gasteiger partial charge in [0.2, 0.25) is 0 Å². The number of hydrogen-bond acceptors (Lipinski definition) is 1. The second kappa shape index (κ2) is 2.97. The zero-order chi connectivity index (χ0) is 9.19. The van der Waals surface area contributed by atoms with Crippen LogP contribution in [0.5, 0.6) is 0 Å². The largest absolute Gasteiger partial charge is 0.417 e. The highest BCUT2D eigenvalue weighted by Gasteiger charge is 2.30. The van der Waals surface area contributed by atoms with Gasteiger partial charge in [0.05, 0.1) is 5.56 Å². The fourth-order valence-corrected chi connectivity index (χ4v) is 0.721. The highest BCUT2D eigenvalue weighted by atomic mass is 19.4. The Morgan fingerprint density at radius 3 is 2.58 bits per heavy atom. The Labute approximate surface area is 66.8 Å². The van der Waals surface area contributed by atoms with Gasteiger partial charge in [0.25, 0.3) is 0 Å². The van der Waals surface area contributed by atoms with Gasteiger partial charge in [-0.3, -0.25) is 4.79 Å². The van der Waals surface area contributed by atoms with Gasteiger partial charge in [0, 0.05) is 5.56 Å². The molecule has 0 heterocycles. The van der Waals surface area contributed by atoms with E-state index >= 15 is 0 Å². The monoisotopic (exact) mass is 173 g/mol. The number of halogens is 3. The van der Waals surface area contributed by atoms with Crippen molar-refractivity contribution >= 4 is 6.29 Å². The third-order valence-electron chi connectivity index (χ3n) is 1.27. The van der Waals surface area contributed by atoms with Crippen LogP contribution in [0, 0.1) is 6.07 Å². The van der Waals surface area contributed by atoms with Crippen LogP contribution in [0.25, 0.3) is 0 Å². The van der Waals surface area contributed by atoms with E-state index in [0.717, 1.165) is 12.1 Å². The van der Waals surface area contributed by atoms with E-state index in [1.807, 2.05) is 6.07 Å². The first-order valence-electron chi connectivity index (χ1n) is 3.08. The number of benzene rings is 1. The fraction of sp³-hybridized carbons (Fsp3) is 0.125. The van der Waals surface area contributed by atoms with E-state index in [4.69, 9.17) is 0 Å². The number of alkyl halides is 3. The van der Waals surface area contributed by atoms with E-state index in [-0.39, 0.29) is 5.56 Å². The van der Waals surface area contributed by atoms with Crippen LogP contribution < -0.4 is 0 Å². The van der Waals surface area contributed by atoms with Crippen LogP contribution in [0.15, 0.2) is 18.2 Å². The molecule has 0 spiro atoms. The molecule has 1 radical (unpaired) electrons. The summed E-state index contributed by atoms with van der Waals surface area (Å²) in [6.07, 6.45) is -4.07. The molecule has 0 atom stereocenters. The summed E-state index contributed by atoms with van der Waals surface area (Å²) in [4.78, 5) is 10.1. The summed E-state index contributed by atoms with van der Waals surface area (Å²) in [5.74, 6) is 0. The molecule has 0 amide bonds. The minimum absolute atomic E-state index is 0.000995. The van der Waals surface area contributed by atoms with E-state index in [9.17, 15) is 18.0 Å². The minimum Gasteiger partial charge on any atom is -0.298 e. The van der Waals surface area contributed by atoms with Crippen LogP contribution >= 0.6 is 0 Å². The Balaban J connectivity index is 3.10. The fourth-order valence-electron chi connectivity index (χ4n) is 0.721. The lowest BCUT2D eigenvalue weighted by atomic mass is 10.1. The summed E-state index contributed by atoms with van der Waals surface area (Å²) in [6.45, 7) is 0. The van der Waals surface area contributed by atoms with Gasteiger partial charge in [-0.2, -0.15) is 13.2 Å². The Kier molecular flexibility index (Phi) is 2.17. The topological polar surface area (TPSA) is 17.1 Å². The molecular formula is C8H4F3O. The second-order valence-electron chi connectivity index (χ2n) is 2.15. The van der Waals surface area contributed by atoms with E-state index in [2.05, 4.69) is 0 Å². The van der Waals surface area contributed by atoms with Crippen molar-refractivity contribution in [2.45, 2.75) is 6.18 Å². The van der Waals surface area contributed by atoms with Gasteiger partial charge >= 0.3 is 6.18 Å². The molecule has 1 aromatic carbocycles. The predicted octanol–water partition coefficient (Wildman–Crippen LogP) is 2.32. The van der Waals surface area contributed by atoms with Crippen molar-refractivity contribution in [2.75, 3.05) is 0 Å². The van der Waals surface area contributed by atoms with Gasteiger partial charge < -0.3 is 0 Å². The number of aldehydes is 1. The van der Waals surface area contributed by atoms with Gasteiger partial charge in [-0.15, -0.1) is 0 Å². The Morgan fingerprint density at radius 1 is 1.42 bits per heavy atom. The van der Waals surface area contributed by atoms with Gasteiger partial charge in [-0.05, 0) is 12.1 Å². The molecule has 1 aromatic rings. The van der Waals surface area contributed by atoms with Gasteiger partial charge in [-0.1, -0.05) is 12.1 Å². The van der Waals surface area contributed by atoms with Crippen LogP contribution in [0.4, 0.5) is 13.2 Å². The van der Waals surface area contributed by atoms with Crippen LogP contribution in [0.3, 0.4) is 0 Å². The zero-order valence-corrected chi connectivity index (χ0v) is 5.85. The second-order valence-corrected chi connectivity index (χ2v) is 2.15. The zero-order valence-electron chi connectivity index (χ0n) is 5.85. The summed E-state index contributed by atoms with van der Waals surface area (Å²) < 4.78 is 35.9. The molecule has 0 unspecified atom stereocenters. The lowest BCUT2D eigenvalue weighted by molar-refractivity contribution is -0.137. The Bertz CT molecular complexity index is 291. The number of carbonyl (C=O) groups is 1. The van der Waals surface area contributed by atoms with Crippen LogP contribution in [-0.2, 0) is 6.18 Å². The molecule has 0 bridgehead atoms. The maximum Gasteiger partial charge on any atom is 0.417 e. The van der Waals surface area contributed by atoms with Crippen molar-refractivity contribution in [3.05, 3.63) is 35.4 Å². The summed E-state index contributed by atoms with van der Waals surface area (Å²) >= 11 is 0. The van der Waals surface area contributed by atoms with Crippen molar-refractivity contribution < 1.29 is 18.0 Å². The molecule has 63 valence electrons. The molecule has 0 aromatic heterocycles. The SMILES string of the molecule is O=Cc1cc[c]c(C(F)(F)F)c1. The lowest BCUT2D eigenvalue weighted by Gasteiger charge is -2.04. The standard InChI is InChI=1S/C8H4F3O/c9-8(10,11)7-3-1-2-6(4-7)5-12/h1-2,4-5H. The Hall–Kier alpha value is -1.32. The quantitative estimate of drug-likeness (QED) is 0.595. The molecule has 0 saturated heterocycles. The summed E-state index contributed by atoms with van der Waals surface area (Å²) in [5.41, 5.74) is -0.923. The molecule has 0 aliphatic carbocycles. The van der Waals surface area contributed by atoms with Crippen molar-refractivity contribution in [1.29, 1.82) is 0 Å². The van der Waals surface area contributed by atoms with E-state index < -0.39 is 11.7 Å². The summed E-state index contributed by atoms with van der Waals surface area (Å²) in [6, 6.07) is 5.10. The third kappa shape index (κ3) is 1.84. The number of rotatable bonds is 1. The average molecular weight is 173 g/mol. The molecule has 0 saturated carbocycles. The summed E-state index contributed by atoms with van der Waals surface area (Å²) in [5, 5.41) is 0. The molecule has 0 N–H and O–H groups in total. The predicted molar refractivity (Wildman–Crippen MR) is 35.7 cm³/mol. The third-order valence-corrected chi connectivity index (χ3v) is 1.27. The molecule has 0 fully saturated rings. The highest BCUT2D eigenvalue weighted by Crippen LogP contribution is 2.28. The molecule has 1 rings (SSSR count). The van der Waals surface area contributed by atoms with Crippen molar-refractivity contribution in [2.24, 2.45) is 0 Å². The van der Waals surface area contributed by atoms with Crippen LogP contribution in [-0.4, -0.2) is 6.29 Å². The molecule has 0 aliphatic heterocycles. The normalized spacial score (nSPS) is 11.2. The van der Waals surface area contributed by atoms with Crippen LogP contribution in [0.2, 0.25) is 0 Å². The lowest BCUT2D eigenvalue weighted by Crippen LogP contribution is -2.05. The maximum atomic E-state index is 12.0. The maximum absolute atomic E-state index is 12.0. The number of hydrogen-bond donors (Lipinski definition) is 0. The first kappa shape index (κ1) is 8.77. The van der Waals surface area contributed by atoms with E-state index in [0.29, 0.717) is 6.29 Å². The van der Waals surface area contributed by atoms with Crippen molar-refractivity contribution in [3.8, 4) is 0 Å². The van der Waals surface area contributed by atoms with Gasteiger partial charge in [0.1, 0.15) is 6.29 Å². The molecule has 12 heavy (non-hydrogen) atoms. The summed E-state index contributed by atoms with van der Waals surface area (Å²) in [7, 11) is 0. The van der Waals surface area contributed by atoms with Crippen molar-refractivity contribution in [1.82, 2.24) is 0 Å². The highest BCUT2D eigenvalue weighted by molar-refractivity contribution is 5.74. The van der Waals surface area contributed by atoms with Crippen LogP contribution in [0.1, 0.15) is 15.9 Å².